The van der Waals surface area contributed by atoms with E-state index in [9.17, 15) is 0 Å². The number of unbranched alkanes of at least 4 members (excludes halogenated alkanes) is 2. The zero-order chi connectivity index (χ0) is 33.5. The van der Waals surface area contributed by atoms with Gasteiger partial charge in [0.2, 0.25) is 0 Å². The summed E-state index contributed by atoms with van der Waals surface area (Å²) in [4.78, 5) is 0. The molecule has 0 aromatic heterocycles. The molecule has 0 saturated carbocycles. The highest BCUT2D eigenvalue weighted by Crippen LogP contribution is 2.24. The molecule has 0 unspecified atom stereocenters. The summed E-state index contributed by atoms with van der Waals surface area (Å²) in [5, 5.41) is 18.0. The summed E-state index contributed by atoms with van der Waals surface area (Å²) in [6.45, 7) is 6.13. The van der Waals surface area contributed by atoms with Crippen molar-refractivity contribution in [3.05, 3.63) is 108 Å². The predicted octanol–water partition coefficient (Wildman–Crippen LogP) is 8.33. The van der Waals surface area contributed by atoms with E-state index in [0.717, 1.165) is 94.7 Å². The van der Waals surface area contributed by atoms with Crippen LogP contribution in [0.2, 0.25) is 0 Å². The maximum Gasteiger partial charge on any atom is 0.119 e. The summed E-state index contributed by atoms with van der Waals surface area (Å²) >= 11 is 0. The highest BCUT2D eigenvalue weighted by molar-refractivity contribution is 5.65. The number of nitriles is 2. The van der Waals surface area contributed by atoms with Gasteiger partial charge in [0.15, 0.2) is 0 Å². The van der Waals surface area contributed by atoms with Gasteiger partial charge in [0.1, 0.15) is 11.5 Å². The number of hydrogen-bond donors (Lipinski definition) is 0. The maximum absolute atomic E-state index is 8.99. The monoisotopic (exact) mass is 630 g/mol. The van der Waals surface area contributed by atoms with Crippen LogP contribution < -0.4 is 9.47 Å². The van der Waals surface area contributed by atoms with Crippen molar-refractivity contribution < 1.29 is 18.4 Å². The van der Waals surface area contributed by atoms with Crippen molar-refractivity contribution in [2.45, 2.75) is 32.1 Å². The van der Waals surface area contributed by atoms with Gasteiger partial charge in [-0.25, -0.2) is 0 Å². The van der Waals surface area contributed by atoms with Gasteiger partial charge in [-0.2, -0.15) is 10.5 Å². The molecular weight excluding hydrogens is 580 g/mol. The third-order valence-electron chi connectivity index (χ3n) is 8.78. The van der Waals surface area contributed by atoms with Gasteiger partial charge in [0, 0.05) is 6.42 Å². The number of ether oxygens (including phenoxy) is 2. The number of rotatable bonds is 18. The standard InChI is InChI=1S/C41H50N4O2/c1-44(2,26-5-7-30-46-40-22-18-38(19-23-40)36-14-10-34(32-42)11-15-36)28-9-29-45(3,4)27-6-8-31-47-41-24-20-39(21-25-41)37-16-12-35(33-43)13-17-37/h10-25H,5-9,26-31H2,1-4H3/q+2. The second-order valence-corrected chi connectivity index (χ2v) is 13.7. The molecule has 6 nitrogen and oxygen atoms in total. The molecule has 0 fully saturated rings. The number of nitrogens with zero attached hydrogens (tertiary/aromatic N) is 4. The lowest BCUT2D eigenvalue weighted by Crippen LogP contribution is -2.46. The van der Waals surface area contributed by atoms with Crippen molar-refractivity contribution in [1.82, 2.24) is 0 Å². The van der Waals surface area contributed by atoms with Crippen molar-refractivity contribution in [1.29, 1.82) is 10.5 Å². The van der Waals surface area contributed by atoms with Crippen molar-refractivity contribution in [3.8, 4) is 45.9 Å². The Kier molecular flexibility index (Phi) is 13.0. The molecule has 0 heterocycles. The molecule has 0 spiro atoms. The second kappa shape index (κ2) is 17.3. The van der Waals surface area contributed by atoms with Crippen LogP contribution in [0.5, 0.6) is 11.5 Å². The van der Waals surface area contributed by atoms with Crippen molar-refractivity contribution in [3.63, 3.8) is 0 Å². The molecule has 6 heteroatoms. The Labute approximate surface area is 282 Å². The summed E-state index contributed by atoms with van der Waals surface area (Å²) in [5.41, 5.74) is 5.79. The molecular formula is C41H50N4O2+2. The molecule has 0 radical (unpaired) electrons. The molecule has 0 aliphatic heterocycles. The Morgan fingerprint density at radius 2 is 0.723 bits per heavy atom. The second-order valence-electron chi connectivity index (χ2n) is 13.7. The molecule has 4 aromatic carbocycles. The largest absolute Gasteiger partial charge is 0.494 e. The van der Waals surface area contributed by atoms with Gasteiger partial charge >= 0.3 is 0 Å². The van der Waals surface area contributed by atoms with E-state index in [1.165, 1.54) is 19.5 Å². The Hall–Kier alpha value is -4.62. The summed E-state index contributed by atoms with van der Waals surface area (Å²) in [6, 6.07) is 36.1. The van der Waals surface area contributed by atoms with E-state index in [-0.39, 0.29) is 0 Å². The lowest BCUT2D eigenvalue weighted by molar-refractivity contribution is -0.909. The first-order valence-corrected chi connectivity index (χ1v) is 16.8. The van der Waals surface area contributed by atoms with E-state index >= 15 is 0 Å². The van der Waals surface area contributed by atoms with Crippen LogP contribution in [0.1, 0.15) is 43.2 Å². The van der Waals surface area contributed by atoms with Gasteiger partial charge < -0.3 is 18.4 Å². The molecule has 4 rings (SSSR count). The lowest BCUT2D eigenvalue weighted by Gasteiger charge is -2.33. The summed E-state index contributed by atoms with van der Waals surface area (Å²) in [7, 11) is 9.38. The quantitative estimate of drug-likeness (QED) is 0.0819. The summed E-state index contributed by atoms with van der Waals surface area (Å²) in [5.74, 6) is 1.80. The van der Waals surface area contributed by atoms with Gasteiger partial charge in [-0.1, -0.05) is 48.5 Å². The number of quaternary nitrogens is 2. The summed E-state index contributed by atoms with van der Waals surface area (Å²) < 4.78 is 14.1. The average molecular weight is 631 g/mol. The minimum atomic E-state index is 0.675. The smallest absolute Gasteiger partial charge is 0.119 e. The van der Waals surface area contributed by atoms with Gasteiger partial charge in [0.05, 0.1) is 90.8 Å². The van der Waals surface area contributed by atoms with Crippen LogP contribution in [0.4, 0.5) is 0 Å². The Morgan fingerprint density at radius 1 is 0.426 bits per heavy atom. The molecule has 0 saturated heterocycles. The van der Waals surface area contributed by atoms with Gasteiger partial charge in [-0.05, 0) is 96.5 Å². The van der Waals surface area contributed by atoms with Crippen LogP contribution in [0.15, 0.2) is 97.1 Å². The first-order chi connectivity index (χ1) is 22.7. The predicted molar refractivity (Wildman–Crippen MR) is 191 cm³/mol. The SMILES string of the molecule is C[N+](C)(CCCCOc1ccc(-c2ccc(C#N)cc2)cc1)CCC[N+](C)(C)CCCCOc1ccc(-c2ccc(C#N)cc2)cc1. The van der Waals surface area contributed by atoms with E-state index in [1.54, 1.807) is 0 Å². The molecule has 0 amide bonds. The molecule has 47 heavy (non-hydrogen) atoms. The number of hydrogen-bond acceptors (Lipinski definition) is 4. The van der Waals surface area contributed by atoms with E-state index in [2.05, 4.69) is 64.6 Å². The Morgan fingerprint density at radius 3 is 1.04 bits per heavy atom. The van der Waals surface area contributed by atoms with E-state index in [4.69, 9.17) is 20.0 Å². The van der Waals surface area contributed by atoms with E-state index < -0.39 is 0 Å². The molecule has 0 N–H and O–H groups in total. The average Bonchev–Trinajstić information content (AvgIpc) is 3.08. The first-order valence-electron chi connectivity index (χ1n) is 16.8. The normalized spacial score (nSPS) is 11.4. The maximum atomic E-state index is 8.99. The highest BCUT2D eigenvalue weighted by atomic mass is 16.5. The van der Waals surface area contributed by atoms with Crippen molar-refractivity contribution in [2.75, 3.05) is 67.6 Å². The molecule has 0 aliphatic rings. The summed E-state index contributed by atoms with van der Waals surface area (Å²) in [6.07, 6.45) is 5.59. The minimum Gasteiger partial charge on any atom is -0.494 e. The third-order valence-corrected chi connectivity index (χ3v) is 8.78. The van der Waals surface area contributed by atoms with Gasteiger partial charge in [0.25, 0.3) is 0 Å². The zero-order valence-electron chi connectivity index (χ0n) is 28.6. The van der Waals surface area contributed by atoms with E-state index in [1.807, 2.05) is 72.8 Å². The topological polar surface area (TPSA) is 66.0 Å². The Balaban J connectivity index is 1.04. The first kappa shape index (κ1) is 35.2. The molecule has 244 valence electrons. The van der Waals surface area contributed by atoms with Crippen molar-refractivity contribution >= 4 is 0 Å². The third kappa shape index (κ3) is 11.9. The molecule has 4 aromatic rings. The minimum absolute atomic E-state index is 0.675. The molecule has 0 aliphatic carbocycles. The fourth-order valence-electron chi connectivity index (χ4n) is 5.78. The zero-order valence-corrected chi connectivity index (χ0v) is 28.6. The highest BCUT2D eigenvalue weighted by Gasteiger charge is 2.19. The Bertz CT molecular complexity index is 1470. The van der Waals surface area contributed by atoms with Gasteiger partial charge in [-0.3, -0.25) is 0 Å². The fourth-order valence-corrected chi connectivity index (χ4v) is 5.78. The van der Waals surface area contributed by atoms with E-state index in [0.29, 0.717) is 11.1 Å². The lowest BCUT2D eigenvalue weighted by atomic mass is 10.0. The van der Waals surface area contributed by atoms with Gasteiger partial charge in [-0.15, -0.1) is 0 Å². The van der Waals surface area contributed by atoms with Crippen LogP contribution in [0.25, 0.3) is 22.3 Å². The van der Waals surface area contributed by atoms with Crippen LogP contribution in [-0.2, 0) is 0 Å². The van der Waals surface area contributed by atoms with Crippen molar-refractivity contribution in [2.24, 2.45) is 0 Å². The van der Waals surface area contributed by atoms with Crippen LogP contribution in [0.3, 0.4) is 0 Å². The molecule has 0 bridgehead atoms. The van der Waals surface area contributed by atoms with Crippen LogP contribution in [0, 0.1) is 22.7 Å². The van der Waals surface area contributed by atoms with Crippen LogP contribution >= 0.6 is 0 Å². The van der Waals surface area contributed by atoms with Crippen LogP contribution in [-0.4, -0.2) is 76.5 Å². The number of benzene rings is 4. The fraction of sp³-hybridized carbons (Fsp3) is 0.366. The molecule has 0 atom stereocenters.